The Morgan fingerprint density at radius 1 is 1.00 bits per heavy atom. The number of hydrogen-bond donors (Lipinski definition) is 0. The first-order valence-corrected chi connectivity index (χ1v) is 5.03. The van der Waals surface area contributed by atoms with Crippen molar-refractivity contribution in [1.82, 2.24) is 0 Å². The first-order valence-electron chi connectivity index (χ1n) is 5.03. The molecular weight excluding hydrogens is 132 g/mol. The smallest absolute Gasteiger partial charge is 0.0295 e. The monoisotopic (exact) mass is 155 g/mol. The molecule has 0 aromatic carbocycles. The maximum atomic E-state index is 2.49. The van der Waals surface area contributed by atoms with Crippen molar-refractivity contribution >= 4 is 0 Å². The molecule has 67 valence electrons. The van der Waals surface area contributed by atoms with Gasteiger partial charge in [0.15, 0.2) is 0 Å². The molecule has 0 atom stereocenters. The molecular formula is C11H23. The van der Waals surface area contributed by atoms with Gasteiger partial charge in [0.2, 0.25) is 0 Å². The molecule has 0 amide bonds. The zero-order chi connectivity index (χ0) is 8.74. The number of hydrogen-bond acceptors (Lipinski definition) is 0. The SMILES string of the molecule is CC[CH]C(C)(CCC)CCC. The molecule has 0 aromatic rings. The normalized spacial score (nSPS) is 12.0. The lowest BCUT2D eigenvalue weighted by atomic mass is 9.78. The summed E-state index contributed by atoms with van der Waals surface area (Å²) in [5.74, 6) is 0. The second kappa shape index (κ2) is 5.62. The van der Waals surface area contributed by atoms with Gasteiger partial charge in [-0.15, -0.1) is 0 Å². The summed E-state index contributed by atoms with van der Waals surface area (Å²) in [5.41, 5.74) is 0.526. The van der Waals surface area contributed by atoms with Crippen LogP contribution in [0.1, 0.15) is 59.8 Å². The molecule has 0 nitrogen and oxygen atoms in total. The van der Waals surface area contributed by atoms with Crippen molar-refractivity contribution in [3.05, 3.63) is 6.42 Å². The van der Waals surface area contributed by atoms with Crippen LogP contribution in [0.25, 0.3) is 0 Å². The molecule has 0 saturated heterocycles. The summed E-state index contributed by atoms with van der Waals surface area (Å²) in [5, 5.41) is 0. The highest BCUT2D eigenvalue weighted by molar-refractivity contribution is 4.86. The lowest BCUT2D eigenvalue weighted by molar-refractivity contribution is 0.314. The molecule has 0 rings (SSSR count). The summed E-state index contributed by atoms with van der Waals surface area (Å²) >= 11 is 0. The fraction of sp³-hybridized carbons (Fsp3) is 0.909. The van der Waals surface area contributed by atoms with Crippen LogP contribution in [-0.4, -0.2) is 0 Å². The molecule has 0 aliphatic heterocycles. The Bertz CT molecular complexity index is 67.0. The third-order valence-electron chi connectivity index (χ3n) is 2.34. The van der Waals surface area contributed by atoms with E-state index in [1.54, 1.807) is 0 Å². The van der Waals surface area contributed by atoms with Crippen LogP contribution in [-0.2, 0) is 0 Å². The van der Waals surface area contributed by atoms with Crippen molar-refractivity contribution in [1.29, 1.82) is 0 Å². The molecule has 0 aliphatic rings. The first-order chi connectivity index (χ1) is 5.18. The van der Waals surface area contributed by atoms with Gasteiger partial charge in [-0.1, -0.05) is 47.0 Å². The topological polar surface area (TPSA) is 0 Å². The van der Waals surface area contributed by atoms with E-state index in [2.05, 4.69) is 34.1 Å². The largest absolute Gasteiger partial charge is 0.0654 e. The zero-order valence-corrected chi connectivity index (χ0v) is 8.61. The lowest BCUT2D eigenvalue weighted by Crippen LogP contribution is -2.15. The van der Waals surface area contributed by atoms with E-state index in [4.69, 9.17) is 0 Å². The van der Waals surface area contributed by atoms with E-state index >= 15 is 0 Å². The zero-order valence-electron chi connectivity index (χ0n) is 8.61. The lowest BCUT2D eigenvalue weighted by Gasteiger charge is -2.28. The van der Waals surface area contributed by atoms with Crippen molar-refractivity contribution in [2.75, 3.05) is 0 Å². The average molecular weight is 155 g/mol. The molecule has 1 radical (unpaired) electrons. The van der Waals surface area contributed by atoms with Gasteiger partial charge < -0.3 is 0 Å². The Morgan fingerprint density at radius 2 is 1.45 bits per heavy atom. The van der Waals surface area contributed by atoms with Crippen molar-refractivity contribution in [3.8, 4) is 0 Å². The van der Waals surface area contributed by atoms with Gasteiger partial charge in [-0.05, 0) is 24.7 Å². The minimum Gasteiger partial charge on any atom is -0.0654 e. The molecule has 0 bridgehead atoms. The summed E-state index contributed by atoms with van der Waals surface area (Å²) in [7, 11) is 0. The van der Waals surface area contributed by atoms with Crippen LogP contribution in [0.5, 0.6) is 0 Å². The average Bonchev–Trinajstić information content (AvgIpc) is 1.88. The van der Waals surface area contributed by atoms with Crippen LogP contribution >= 0.6 is 0 Å². The Kier molecular flexibility index (Phi) is 5.62. The van der Waals surface area contributed by atoms with E-state index in [-0.39, 0.29) is 0 Å². The van der Waals surface area contributed by atoms with E-state index < -0.39 is 0 Å². The van der Waals surface area contributed by atoms with Crippen LogP contribution in [0.3, 0.4) is 0 Å². The Balaban J connectivity index is 3.79. The second-order valence-electron chi connectivity index (χ2n) is 3.77. The van der Waals surface area contributed by atoms with Crippen molar-refractivity contribution in [2.24, 2.45) is 5.41 Å². The van der Waals surface area contributed by atoms with E-state index in [0.717, 1.165) is 0 Å². The Labute approximate surface area is 72.4 Å². The highest BCUT2D eigenvalue weighted by atomic mass is 14.3. The highest BCUT2D eigenvalue weighted by Crippen LogP contribution is 2.32. The van der Waals surface area contributed by atoms with E-state index in [1.807, 2.05) is 0 Å². The van der Waals surface area contributed by atoms with Gasteiger partial charge in [0, 0.05) is 0 Å². The Hall–Kier alpha value is 0. The van der Waals surface area contributed by atoms with Crippen LogP contribution in [0, 0.1) is 11.8 Å². The standard InChI is InChI=1S/C11H23/c1-5-8-11(4,9-6-2)10-7-3/h8H,5-7,9-10H2,1-4H3. The minimum atomic E-state index is 0.526. The Morgan fingerprint density at radius 3 is 1.73 bits per heavy atom. The fourth-order valence-electron chi connectivity index (χ4n) is 1.96. The van der Waals surface area contributed by atoms with Gasteiger partial charge in [-0.3, -0.25) is 0 Å². The fourth-order valence-corrected chi connectivity index (χ4v) is 1.96. The molecule has 0 heteroatoms. The third-order valence-corrected chi connectivity index (χ3v) is 2.34. The second-order valence-corrected chi connectivity index (χ2v) is 3.77. The van der Waals surface area contributed by atoms with Crippen LogP contribution in [0.4, 0.5) is 0 Å². The van der Waals surface area contributed by atoms with Crippen LogP contribution in [0.15, 0.2) is 0 Å². The van der Waals surface area contributed by atoms with Crippen LogP contribution in [0.2, 0.25) is 0 Å². The predicted molar refractivity (Wildman–Crippen MR) is 52.5 cm³/mol. The predicted octanol–water partition coefficient (Wildman–Crippen LogP) is 4.21. The summed E-state index contributed by atoms with van der Waals surface area (Å²) in [6, 6.07) is 0. The van der Waals surface area contributed by atoms with Crippen molar-refractivity contribution in [2.45, 2.75) is 59.8 Å². The van der Waals surface area contributed by atoms with E-state index in [0.29, 0.717) is 5.41 Å². The van der Waals surface area contributed by atoms with E-state index in [9.17, 15) is 0 Å². The maximum absolute atomic E-state index is 2.49. The molecule has 11 heavy (non-hydrogen) atoms. The van der Waals surface area contributed by atoms with Gasteiger partial charge in [-0.25, -0.2) is 0 Å². The molecule has 0 aliphatic carbocycles. The molecule has 0 heterocycles. The molecule has 0 fully saturated rings. The summed E-state index contributed by atoms with van der Waals surface area (Å²) in [4.78, 5) is 0. The minimum absolute atomic E-state index is 0.526. The van der Waals surface area contributed by atoms with E-state index in [1.165, 1.54) is 32.1 Å². The molecule has 0 N–H and O–H groups in total. The summed E-state index contributed by atoms with van der Waals surface area (Å²) < 4.78 is 0. The summed E-state index contributed by atoms with van der Waals surface area (Å²) in [6.45, 7) is 9.18. The molecule has 0 unspecified atom stereocenters. The van der Waals surface area contributed by atoms with Crippen molar-refractivity contribution < 1.29 is 0 Å². The third kappa shape index (κ3) is 4.44. The quantitative estimate of drug-likeness (QED) is 0.539. The molecule has 0 spiro atoms. The summed E-state index contributed by atoms with van der Waals surface area (Å²) in [6.07, 6.45) is 9.04. The molecule has 0 saturated carbocycles. The first kappa shape index (κ1) is 11.0. The number of rotatable bonds is 6. The van der Waals surface area contributed by atoms with Gasteiger partial charge in [-0.2, -0.15) is 0 Å². The molecule has 0 aromatic heterocycles. The maximum Gasteiger partial charge on any atom is -0.0295 e. The van der Waals surface area contributed by atoms with Crippen LogP contribution < -0.4 is 0 Å². The van der Waals surface area contributed by atoms with Gasteiger partial charge >= 0.3 is 0 Å². The van der Waals surface area contributed by atoms with Crippen molar-refractivity contribution in [3.63, 3.8) is 0 Å². The van der Waals surface area contributed by atoms with Gasteiger partial charge in [0.25, 0.3) is 0 Å². The van der Waals surface area contributed by atoms with Gasteiger partial charge in [0.1, 0.15) is 0 Å². The highest BCUT2D eigenvalue weighted by Gasteiger charge is 2.20. The van der Waals surface area contributed by atoms with Gasteiger partial charge in [0.05, 0.1) is 0 Å².